The zero-order chi connectivity index (χ0) is 18.1. The molecule has 5 nitrogen and oxygen atoms in total. The molecule has 0 saturated heterocycles. The Morgan fingerprint density at radius 1 is 0.885 bits per heavy atom. The average molecular weight is 346 g/mol. The van der Waals surface area contributed by atoms with E-state index in [4.69, 9.17) is 0 Å². The normalized spacial score (nSPS) is 13.3. The van der Waals surface area contributed by atoms with Gasteiger partial charge in [0.05, 0.1) is 0 Å². The highest BCUT2D eigenvalue weighted by Crippen LogP contribution is 2.30. The van der Waals surface area contributed by atoms with E-state index < -0.39 is 11.8 Å². The summed E-state index contributed by atoms with van der Waals surface area (Å²) in [7, 11) is 0. The van der Waals surface area contributed by atoms with Gasteiger partial charge in [-0.25, -0.2) is 0 Å². The fourth-order valence-electron chi connectivity index (χ4n) is 3.39. The summed E-state index contributed by atoms with van der Waals surface area (Å²) in [5, 5.41) is 14.0. The highest BCUT2D eigenvalue weighted by atomic mass is 16.3. The maximum absolute atomic E-state index is 12.6. The first-order chi connectivity index (χ1) is 12.6. The van der Waals surface area contributed by atoms with Crippen molar-refractivity contribution in [3.8, 4) is 5.75 Å². The molecule has 3 aromatic carbocycles. The van der Waals surface area contributed by atoms with Crippen LogP contribution in [0.15, 0.2) is 60.7 Å². The van der Waals surface area contributed by atoms with Crippen molar-refractivity contribution >= 4 is 28.3 Å². The molecule has 0 radical (unpaired) electrons. The zero-order valence-corrected chi connectivity index (χ0v) is 14.1. The Morgan fingerprint density at radius 3 is 2.46 bits per heavy atom. The molecule has 3 aromatic rings. The third-order valence-electron chi connectivity index (χ3n) is 4.76. The molecule has 0 saturated carbocycles. The van der Waals surface area contributed by atoms with Crippen molar-refractivity contribution < 1.29 is 14.7 Å². The Kier molecular flexibility index (Phi) is 4.05. The monoisotopic (exact) mass is 346 g/mol. The van der Waals surface area contributed by atoms with Crippen molar-refractivity contribution in [1.82, 2.24) is 4.90 Å². The van der Waals surface area contributed by atoms with E-state index in [1.54, 1.807) is 41.3 Å². The number of nitrogens with zero attached hydrogens (tertiary/aromatic N) is 1. The maximum atomic E-state index is 12.6. The molecule has 2 amide bonds. The summed E-state index contributed by atoms with van der Waals surface area (Å²) in [6.07, 6.45) is 0.747. The van der Waals surface area contributed by atoms with Gasteiger partial charge in [0.2, 0.25) is 0 Å². The number of phenolic OH excluding ortho intramolecular Hbond substituents is 1. The van der Waals surface area contributed by atoms with Crippen LogP contribution in [0.1, 0.15) is 11.1 Å². The minimum atomic E-state index is -0.666. The lowest BCUT2D eigenvalue weighted by molar-refractivity contribution is -0.143. The summed E-state index contributed by atoms with van der Waals surface area (Å²) >= 11 is 0. The summed E-state index contributed by atoms with van der Waals surface area (Å²) in [4.78, 5) is 26.6. The fourth-order valence-corrected chi connectivity index (χ4v) is 3.39. The van der Waals surface area contributed by atoms with E-state index in [0.29, 0.717) is 29.5 Å². The molecule has 0 aromatic heterocycles. The van der Waals surface area contributed by atoms with Gasteiger partial charge in [-0.1, -0.05) is 48.5 Å². The van der Waals surface area contributed by atoms with Crippen molar-refractivity contribution in [3.05, 3.63) is 71.8 Å². The van der Waals surface area contributed by atoms with Crippen molar-refractivity contribution in [2.45, 2.75) is 13.0 Å². The lowest BCUT2D eigenvalue weighted by Gasteiger charge is -2.28. The number of aromatic hydroxyl groups is 1. The molecule has 1 aliphatic rings. The van der Waals surface area contributed by atoms with E-state index in [1.807, 2.05) is 18.2 Å². The van der Waals surface area contributed by atoms with Crippen LogP contribution in [-0.4, -0.2) is 28.4 Å². The molecule has 0 bridgehead atoms. The van der Waals surface area contributed by atoms with Crippen LogP contribution >= 0.6 is 0 Å². The number of hydrogen-bond acceptors (Lipinski definition) is 3. The van der Waals surface area contributed by atoms with Crippen molar-refractivity contribution in [1.29, 1.82) is 0 Å². The Balaban J connectivity index is 1.54. The predicted molar refractivity (Wildman–Crippen MR) is 99.8 cm³/mol. The van der Waals surface area contributed by atoms with Crippen molar-refractivity contribution in [2.24, 2.45) is 0 Å². The quantitative estimate of drug-likeness (QED) is 0.665. The van der Waals surface area contributed by atoms with E-state index in [2.05, 4.69) is 11.4 Å². The van der Waals surface area contributed by atoms with Gasteiger partial charge in [-0.3, -0.25) is 9.59 Å². The van der Waals surface area contributed by atoms with E-state index >= 15 is 0 Å². The summed E-state index contributed by atoms with van der Waals surface area (Å²) in [6, 6.07) is 18.3. The summed E-state index contributed by atoms with van der Waals surface area (Å²) in [6.45, 7) is 0.971. The maximum Gasteiger partial charge on any atom is 0.313 e. The second-order valence-electron chi connectivity index (χ2n) is 6.38. The number of benzene rings is 3. The zero-order valence-electron chi connectivity index (χ0n) is 14.1. The van der Waals surface area contributed by atoms with Crippen molar-refractivity contribution in [2.75, 3.05) is 11.9 Å². The largest absolute Gasteiger partial charge is 0.507 e. The summed E-state index contributed by atoms with van der Waals surface area (Å²) in [5.74, 6) is -1.07. The van der Waals surface area contributed by atoms with Gasteiger partial charge in [-0.2, -0.15) is 0 Å². The summed E-state index contributed by atoms with van der Waals surface area (Å²) < 4.78 is 0. The number of carbonyl (C=O) groups is 2. The number of phenols is 1. The van der Waals surface area contributed by atoms with Crippen LogP contribution < -0.4 is 5.32 Å². The molecular weight excluding hydrogens is 328 g/mol. The van der Waals surface area contributed by atoms with Crippen LogP contribution in [0.2, 0.25) is 0 Å². The highest BCUT2D eigenvalue weighted by molar-refractivity contribution is 6.40. The van der Waals surface area contributed by atoms with Gasteiger partial charge >= 0.3 is 11.8 Å². The Hall–Kier alpha value is -3.34. The molecule has 130 valence electrons. The molecule has 2 N–H and O–H groups in total. The Bertz CT molecular complexity index is 1010. The van der Waals surface area contributed by atoms with Crippen LogP contribution in [0.3, 0.4) is 0 Å². The van der Waals surface area contributed by atoms with Gasteiger partial charge in [-0.15, -0.1) is 0 Å². The number of fused-ring (bicyclic) bond motifs is 2. The van der Waals surface area contributed by atoms with Crippen LogP contribution in [0.25, 0.3) is 10.8 Å². The standard InChI is InChI=1S/C21H18N2O3/c24-19-10-4-7-16-17(19)8-3-9-18(16)22-20(25)21(26)23-12-11-14-5-1-2-6-15(14)13-23/h1-10,24H,11-13H2,(H,22,25). The van der Waals surface area contributed by atoms with E-state index in [-0.39, 0.29) is 5.75 Å². The van der Waals surface area contributed by atoms with Gasteiger partial charge in [-0.05, 0) is 29.7 Å². The molecule has 0 fully saturated rings. The second-order valence-corrected chi connectivity index (χ2v) is 6.38. The van der Waals surface area contributed by atoms with Gasteiger partial charge in [0, 0.05) is 29.5 Å². The number of amides is 2. The SMILES string of the molecule is O=C(Nc1cccc2c(O)cccc12)C(=O)N1CCc2ccccc2C1. The molecule has 0 spiro atoms. The first-order valence-electron chi connectivity index (χ1n) is 8.51. The number of anilines is 1. The number of nitrogens with one attached hydrogen (secondary N) is 1. The lowest BCUT2D eigenvalue weighted by atomic mass is 10.00. The molecule has 0 aliphatic carbocycles. The second kappa shape index (κ2) is 6.52. The van der Waals surface area contributed by atoms with Gasteiger partial charge in [0.25, 0.3) is 0 Å². The molecule has 26 heavy (non-hydrogen) atoms. The Labute approximate surface area is 150 Å². The summed E-state index contributed by atoms with van der Waals surface area (Å²) in [5.41, 5.74) is 2.81. The first-order valence-corrected chi connectivity index (χ1v) is 8.51. The topological polar surface area (TPSA) is 69.6 Å². The number of hydrogen-bond donors (Lipinski definition) is 2. The van der Waals surface area contributed by atoms with E-state index in [9.17, 15) is 14.7 Å². The smallest absolute Gasteiger partial charge is 0.313 e. The lowest BCUT2D eigenvalue weighted by Crippen LogP contribution is -2.42. The minimum absolute atomic E-state index is 0.137. The van der Waals surface area contributed by atoms with Crippen LogP contribution in [0.5, 0.6) is 5.75 Å². The number of carbonyl (C=O) groups excluding carboxylic acids is 2. The van der Waals surface area contributed by atoms with Crippen molar-refractivity contribution in [3.63, 3.8) is 0 Å². The third-order valence-corrected chi connectivity index (χ3v) is 4.76. The Morgan fingerprint density at radius 2 is 1.62 bits per heavy atom. The molecule has 4 rings (SSSR count). The molecule has 1 aliphatic heterocycles. The van der Waals surface area contributed by atoms with Crippen LogP contribution in [-0.2, 0) is 22.6 Å². The average Bonchev–Trinajstić information content (AvgIpc) is 2.68. The van der Waals surface area contributed by atoms with Gasteiger partial charge in [0.15, 0.2) is 0 Å². The molecule has 0 atom stereocenters. The van der Waals surface area contributed by atoms with E-state index in [0.717, 1.165) is 12.0 Å². The molecule has 1 heterocycles. The molecular formula is C21H18N2O3. The minimum Gasteiger partial charge on any atom is -0.507 e. The molecule has 0 unspecified atom stereocenters. The molecule has 5 heteroatoms. The highest BCUT2D eigenvalue weighted by Gasteiger charge is 2.26. The van der Waals surface area contributed by atoms with Gasteiger partial charge in [0.1, 0.15) is 5.75 Å². The first kappa shape index (κ1) is 16.1. The van der Waals surface area contributed by atoms with Crippen LogP contribution in [0.4, 0.5) is 5.69 Å². The van der Waals surface area contributed by atoms with Gasteiger partial charge < -0.3 is 15.3 Å². The van der Waals surface area contributed by atoms with E-state index in [1.165, 1.54) is 5.56 Å². The van der Waals surface area contributed by atoms with Crippen LogP contribution in [0, 0.1) is 0 Å². The predicted octanol–water partition coefficient (Wildman–Crippen LogP) is 3.07. The number of rotatable bonds is 1. The third kappa shape index (κ3) is 2.88. The fraction of sp³-hybridized carbons (Fsp3) is 0.143.